The van der Waals surface area contributed by atoms with Crippen LogP contribution in [0.4, 0.5) is 5.69 Å². The zero-order valence-electron chi connectivity index (χ0n) is 20.0. The van der Waals surface area contributed by atoms with Gasteiger partial charge in [0.25, 0.3) is 0 Å². The molecule has 5 nitrogen and oxygen atoms in total. The Morgan fingerprint density at radius 1 is 0.865 bits per heavy atom. The average Bonchev–Trinajstić information content (AvgIpc) is 3.17. The van der Waals surface area contributed by atoms with Gasteiger partial charge in [-0.25, -0.2) is 0 Å². The van der Waals surface area contributed by atoms with E-state index in [1.54, 1.807) is 30.0 Å². The summed E-state index contributed by atoms with van der Waals surface area (Å²) >= 11 is 13.7. The van der Waals surface area contributed by atoms with E-state index in [-0.39, 0.29) is 23.7 Å². The summed E-state index contributed by atoms with van der Waals surface area (Å²) in [6.07, 6.45) is 2.30. The van der Waals surface area contributed by atoms with Crippen LogP contribution in [-0.4, -0.2) is 40.7 Å². The van der Waals surface area contributed by atoms with Crippen molar-refractivity contribution in [3.05, 3.63) is 99.0 Å². The molecular formula is C29H24Cl2N2O3S. The minimum atomic E-state index is -0.918. The van der Waals surface area contributed by atoms with Crippen molar-refractivity contribution in [2.45, 2.75) is 24.3 Å². The molecule has 3 amide bonds. The molecule has 1 saturated heterocycles. The number of likely N-dealkylation sites (tertiary alicyclic amines) is 1. The molecular weight excluding hydrogens is 527 g/mol. The average molecular weight is 551 g/mol. The van der Waals surface area contributed by atoms with E-state index in [9.17, 15) is 14.4 Å². The number of benzene rings is 3. The van der Waals surface area contributed by atoms with E-state index in [1.807, 2.05) is 30.5 Å². The van der Waals surface area contributed by atoms with E-state index >= 15 is 0 Å². The van der Waals surface area contributed by atoms with E-state index in [0.29, 0.717) is 27.9 Å². The fourth-order valence-electron chi connectivity index (χ4n) is 6.41. The number of hydrogen-bond donors (Lipinski definition) is 1. The summed E-state index contributed by atoms with van der Waals surface area (Å²) in [6, 6.07) is 20.1. The second-order valence-electron chi connectivity index (χ2n) is 9.73. The van der Waals surface area contributed by atoms with E-state index < -0.39 is 23.8 Å². The van der Waals surface area contributed by atoms with Gasteiger partial charge in [0.05, 0.1) is 21.9 Å². The largest absolute Gasteiger partial charge is 0.324 e. The van der Waals surface area contributed by atoms with Gasteiger partial charge in [-0.2, -0.15) is 11.8 Å². The lowest BCUT2D eigenvalue weighted by molar-refractivity contribution is -0.146. The third-order valence-electron chi connectivity index (χ3n) is 7.88. The van der Waals surface area contributed by atoms with Crippen molar-refractivity contribution in [3.63, 3.8) is 0 Å². The number of nitrogens with zero attached hydrogens (tertiary/aromatic N) is 1. The van der Waals surface area contributed by atoms with Crippen molar-refractivity contribution >= 4 is 58.4 Å². The van der Waals surface area contributed by atoms with Crippen molar-refractivity contribution in [1.82, 2.24) is 4.90 Å². The fraction of sp³-hybridized carbons (Fsp3) is 0.276. The van der Waals surface area contributed by atoms with Gasteiger partial charge in [0, 0.05) is 17.5 Å². The van der Waals surface area contributed by atoms with E-state index in [1.165, 1.54) is 4.90 Å². The zero-order chi connectivity index (χ0) is 25.8. The molecule has 4 aliphatic rings. The van der Waals surface area contributed by atoms with Crippen LogP contribution >= 0.6 is 35.0 Å². The zero-order valence-corrected chi connectivity index (χ0v) is 22.3. The van der Waals surface area contributed by atoms with Crippen molar-refractivity contribution in [3.8, 4) is 0 Å². The maximum absolute atomic E-state index is 14.1. The standard InChI is InChI=1S/C29H24Cl2N2O3S/c1-37-13-12-22(27(34)32-15-10-11-20(30)21(31)14-15)33-28(35)25-23-16-6-2-3-7-17(16)24(26(25)29(33)36)19-9-5-4-8-18(19)23/h2-11,14,22-26H,12-13H2,1H3,(H,32,34). The molecule has 7 rings (SSSR count). The number of imide groups is 1. The van der Waals surface area contributed by atoms with Crippen LogP contribution in [0.15, 0.2) is 66.7 Å². The summed E-state index contributed by atoms with van der Waals surface area (Å²) in [4.78, 5) is 43.0. The molecule has 1 N–H and O–H groups in total. The topological polar surface area (TPSA) is 66.5 Å². The Labute approximate surface area is 229 Å². The number of carbonyl (C=O) groups excluding carboxylic acids is 3. The van der Waals surface area contributed by atoms with Gasteiger partial charge in [0.1, 0.15) is 6.04 Å². The molecule has 3 aromatic carbocycles. The molecule has 3 unspecified atom stereocenters. The molecule has 188 valence electrons. The van der Waals surface area contributed by atoms with Gasteiger partial charge in [-0.1, -0.05) is 71.7 Å². The van der Waals surface area contributed by atoms with Crippen LogP contribution in [0.1, 0.15) is 40.5 Å². The number of nitrogens with one attached hydrogen (secondary N) is 1. The Morgan fingerprint density at radius 3 is 1.84 bits per heavy atom. The SMILES string of the molecule is CSCCC(C(=O)Nc1ccc(Cl)c(Cl)c1)N1C(=O)C2C3c4ccccc4C(c4ccccc43)C2C1=O. The van der Waals surface area contributed by atoms with Crippen LogP contribution in [0.25, 0.3) is 0 Å². The maximum atomic E-state index is 14.1. The first kappa shape index (κ1) is 24.5. The van der Waals surface area contributed by atoms with Crippen LogP contribution in [0, 0.1) is 11.8 Å². The lowest BCUT2D eigenvalue weighted by Gasteiger charge is -2.45. The number of halogens is 2. The van der Waals surface area contributed by atoms with Gasteiger partial charge in [-0.15, -0.1) is 0 Å². The molecule has 3 aliphatic carbocycles. The first-order valence-corrected chi connectivity index (χ1v) is 14.4. The first-order chi connectivity index (χ1) is 17.9. The van der Waals surface area contributed by atoms with Crippen LogP contribution in [0.5, 0.6) is 0 Å². The summed E-state index contributed by atoms with van der Waals surface area (Å²) < 4.78 is 0. The van der Waals surface area contributed by atoms with Gasteiger partial charge in [0.2, 0.25) is 17.7 Å². The normalized spacial score (nSPS) is 23.9. The fourth-order valence-corrected chi connectivity index (χ4v) is 7.17. The Hall–Kier alpha value is -2.80. The van der Waals surface area contributed by atoms with Crippen molar-refractivity contribution < 1.29 is 14.4 Å². The highest BCUT2D eigenvalue weighted by Gasteiger charge is 2.62. The van der Waals surface area contributed by atoms with Gasteiger partial charge in [-0.3, -0.25) is 19.3 Å². The molecule has 0 saturated carbocycles. The quantitative estimate of drug-likeness (QED) is 0.385. The molecule has 3 aromatic rings. The number of thioether (sulfide) groups is 1. The number of hydrogen-bond acceptors (Lipinski definition) is 4. The predicted molar refractivity (Wildman–Crippen MR) is 147 cm³/mol. The second-order valence-corrected chi connectivity index (χ2v) is 11.5. The summed E-state index contributed by atoms with van der Waals surface area (Å²) in [6.45, 7) is 0. The number of rotatable bonds is 6. The molecule has 1 aliphatic heterocycles. The van der Waals surface area contributed by atoms with Crippen molar-refractivity contribution in [1.29, 1.82) is 0 Å². The molecule has 3 atom stereocenters. The maximum Gasteiger partial charge on any atom is 0.247 e. The van der Waals surface area contributed by atoms with Crippen LogP contribution < -0.4 is 5.32 Å². The Morgan fingerprint density at radius 2 is 1.38 bits per heavy atom. The highest BCUT2D eigenvalue weighted by Crippen LogP contribution is 2.61. The summed E-state index contributed by atoms with van der Waals surface area (Å²) in [5.74, 6) is -1.75. The second kappa shape index (κ2) is 9.50. The first-order valence-electron chi connectivity index (χ1n) is 12.2. The highest BCUT2D eigenvalue weighted by molar-refractivity contribution is 7.98. The molecule has 37 heavy (non-hydrogen) atoms. The van der Waals surface area contributed by atoms with Crippen molar-refractivity contribution in [2.75, 3.05) is 17.3 Å². The van der Waals surface area contributed by atoms with Crippen LogP contribution in [0.3, 0.4) is 0 Å². The Kier molecular flexibility index (Phi) is 6.30. The molecule has 0 spiro atoms. The van der Waals surface area contributed by atoms with E-state index in [4.69, 9.17) is 23.2 Å². The summed E-state index contributed by atoms with van der Waals surface area (Å²) in [5, 5.41) is 3.54. The molecule has 2 bridgehead atoms. The lowest BCUT2D eigenvalue weighted by Crippen LogP contribution is -2.48. The molecule has 1 fully saturated rings. The lowest BCUT2D eigenvalue weighted by atomic mass is 9.55. The van der Waals surface area contributed by atoms with Gasteiger partial charge in [-0.05, 0) is 58.9 Å². The molecule has 1 heterocycles. The number of anilines is 1. The van der Waals surface area contributed by atoms with Crippen LogP contribution in [0.2, 0.25) is 10.0 Å². The molecule has 0 radical (unpaired) electrons. The van der Waals surface area contributed by atoms with Crippen molar-refractivity contribution in [2.24, 2.45) is 11.8 Å². The third kappa shape index (κ3) is 3.80. The van der Waals surface area contributed by atoms with Gasteiger partial charge in [0.15, 0.2) is 0 Å². The molecule has 8 heteroatoms. The highest BCUT2D eigenvalue weighted by atomic mass is 35.5. The van der Waals surface area contributed by atoms with E-state index in [2.05, 4.69) is 29.6 Å². The summed E-state index contributed by atoms with van der Waals surface area (Å²) in [7, 11) is 0. The summed E-state index contributed by atoms with van der Waals surface area (Å²) in [5.41, 5.74) is 4.89. The number of carbonyl (C=O) groups is 3. The molecule has 0 aromatic heterocycles. The number of amides is 3. The third-order valence-corrected chi connectivity index (χ3v) is 9.26. The van der Waals surface area contributed by atoms with Gasteiger partial charge >= 0.3 is 0 Å². The predicted octanol–water partition coefficient (Wildman–Crippen LogP) is 5.95. The minimum absolute atomic E-state index is 0.205. The van der Waals surface area contributed by atoms with Crippen LogP contribution in [-0.2, 0) is 14.4 Å². The Bertz CT molecular complexity index is 1330. The van der Waals surface area contributed by atoms with E-state index in [0.717, 1.165) is 22.3 Å². The Balaban J connectivity index is 1.39. The smallest absolute Gasteiger partial charge is 0.247 e. The minimum Gasteiger partial charge on any atom is -0.324 e. The van der Waals surface area contributed by atoms with Gasteiger partial charge < -0.3 is 5.32 Å². The monoisotopic (exact) mass is 550 g/mol.